The normalized spacial score (nSPS) is 28.0. The second-order valence-corrected chi connectivity index (χ2v) is 17.6. The molecule has 16 heteroatoms. The lowest BCUT2D eigenvalue weighted by Crippen LogP contribution is -2.57. The quantitative estimate of drug-likeness (QED) is 0.170. The first-order valence-electron chi connectivity index (χ1n) is 21.4. The van der Waals surface area contributed by atoms with E-state index in [1.165, 1.54) is 49.5 Å². The third kappa shape index (κ3) is 16.2. The van der Waals surface area contributed by atoms with Crippen molar-refractivity contribution < 1.29 is 47.8 Å². The Morgan fingerprint density at radius 3 is 2.13 bits per heavy atom. The van der Waals surface area contributed by atoms with Gasteiger partial charge < -0.3 is 40.0 Å². The highest BCUT2D eigenvalue weighted by Crippen LogP contribution is 2.26. The highest BCUT2D eigenvalue weighted by Gasteiger charge is 2.37. The van der Waals surface area contributed by atoms with E-state index < -0.39 is 96.4 Å². The van der Waals surface area contributed by atoms with E-state index in [9.17, 15) is 33.6 Å². The summed E-state index contributed by atoms with van der Waals surface area (Å²) in [5.74, 6) is -5.02. The molecule has 1 heterocycles. The number of cyclic esters (lactones) is 2. The maximum absolute atomic E-state index is 14.2. The van der Waals surface area contributed by atoms with Gasteiger partial charge in [0.15, 0.2) is 6.10 Å². The van der Waals surface area contributed by atoms with Crippen LogP contribution in [-0.4, -0.2) is 127 Å². The summed E-state index contributed by atoms with van der Waals surface area (Å²) in [5, 5.41) is 8.17. The highest BCUT2D eigenvalue weighted by atomic mass is 32.2. The van der Waals surface area contributed by atoms with E-state index in [0.29, 0.717) is 12.4 Å². The molecule has 0 saturated carbocycles. The predicted octanol–water partition coefficient (Wildman–Crippen LogP) is 4.58. The Morgan fingerprint density at radius 1 is 0.919 bits per heavy atom. The van der Waals surface area contributed by atoms with Crippen molar-refractivity contribution in [3.8, 4) is 0 Å². The molecule has 346 valence electrons. The van der Waals surface area contributed by atoms with Gasteiger partial charge in [0.1, 0.15) is 30.3 Å². The van der Waals surface area contributed by atoms with Crippen molar-refractivity contribution in [1.29, 1.82) is 0 Å². The number of nitrogens with zero attached hydrogens (tertiary/aromatic N) is 2. The summed E-state index contributed by atoms with van der Waals surface area (Å²) < 4.78 is 18.1. The lowest BCUT2D eigenvalue weighted by molar-refractivity contribution is -0.155. The van der Waals surface area contributed by atoms with E-state index >= 15 is 0 Å². The zero-order valence-corrected chi connectivity index (χ0v) is 39.8. The van der Waals surface area contributed by atoms with E-state index in [1.54, 1.807) is 32.1 Å². The molecule has 62 heavy (non-hydrogen) atoms. The molecule has 0 spiro atoms. The molecule has 1 aromatic carbocycles. The smallest absolute Gasteiger partial charge is 0.334 e. The fourth-order valence-corrected chi connectivity index (χ4v) is 7.22. The van der Waals surface area contributed by atoms with Gasteiger partial charge in [0.25, 0.3) is 5.91 Å². The Hall–Kier alpha value is -4.70. The van der Waals surface area contributed by atoms with Crippen LogP contribution in [0, 0.1) is 17.8 Å². The van der Waals surface area contributed by atoms with Crippen molar-refractivity contribution >= 4 is 53.2 Å². The fraction of sp³-hybridized carbons (Fsp3) is 0.630. The molecular weight excluding hydrogens is 815 g/mol. The molecule has 0 aromatic heterocycles. The predicted molar refractivity (Wildman–Crippen MR) is 240 cm³/mol. The van der Waals surface area contributed by atoms with Crippen molar-refractivity contribution in [3.05, 3.63) is 59.2 Å². The van der Waals surface area contributed by atoms with E-state index in [1.807, 2.05) is 72.1 Å². The van der Waals surface area contributed by atoms with Gasteiger partial charge in [-0.1, -0.05) is 83.5 Å². The Balaban J connectivity index is 2.68. The van der Waals surface area contributed by atoms with Crippen molar-refractivity contribution in [2.45, 2.75) is 137 Å². The van der Waals surface area contributed by atoms with Gasteiger partial charge in [-0.05, 0) is 76.7 Å². The number of thioether (sulfide) groups is 1. The monoisotopic (exact) mass is 885 g/mol. The Bertz CT molecular complexity index is 1750. The summed E-state index contributed by atoms with van der Waals surface area (Å²) in [6, 6.07) is 4.65. The summed E-state index contributed by atoms with van der Waals surface area (Å²) in [7, 11) is 2.88. The van der Waals surface area contributed by atoms with Crippen molar-refractivity contribution in [2.24, 2.45) is 17.8 Å². The van der Waals surface area contributed by atoms with Crippen molar-refractivity contribution in [3.63, 3.8) is 0 Å². The number of rotatable bonds is 10. The third-order valence-electron chi connectivity index (χ3n) is 11.2. The molecule has 0 bridgehead atoms. The summed E-state index contributed by atoms with van der Waals surface area (Å²) in [5.41, 5.74) is 1.71. The topological polar surface area (TPSA) is 190 Å². The van der Waals surface area contributed by atoms with E-state index in [-0.39, 0.29) is 36.7 Å². The second-order valence-electron chi connectivity index (χ2n) is 16.7. The average molecular weight is 886 g/mol. The number of allylic oxidation sites excluding steroid dienone is 1. The highest BCUT2D eigenvalue weighted by molar-refractivity contribution is 7.98. The van der Waals surface area contributed by atoms with Crippen LogP contribution in [0.1, 0.15) is 94.1 Å². The van der Waals surface area contributed by atoms with Crippen LogP contribution in [0.3, 0.4) is 0 Å². The minimum Gasteiger partial charge on any atom is -0.456 e. The lowest BCUT2D eigenvalue weighted by Gasteiger charge is -2.33. The second kappa shape index (κ2) is 26.0. The molecule has 0 radical (unpaired) electrons. The Morgan fingerprint density at radius 2 is 1.55 bits per heavy atom. The van der Waals surface area contributed by atoms with Crippen molar-refractivity contribution in [1.82, 2.24) is 25.8 Å². The molecule has 0 aliphatic carbocycles. The maximum atomic E-state index is 14.2. The van der Waals surface area contributed by atoms with Gasteiger partial charge in [0, 0.05) is 32.0 Å². The summed E-state index contributed by atoms with van der Waals surface area (Å²) >= 11 is 1.46. The van der Waals surface area contributed by atoms with Crippen LogP contribution in [0.5, 0.6) is 0 Å². The van der Waals surface area contributed by atoms with E-state index in [0.717, 1.165) is 11.1 Å². The first-order chi connectivity index (χ1) is 29.2. The summed E-state index contributed by atoms with van der Waals surface area (Å²) in [6.07, 6.45) is 3.83. The fourth-order valence-electron chi connectivity index (χ4n) is 6.91. The van der Waals surface area contributed by atoms with E-state index in [4.69, 9.17) is 14.2 Å². The summed E-state index contributed by atoms with van der Waals surface area (Å²) in [4.78, 5) is 99.0. The van der Waals surface area contributed by atoms with Gasteiger partial charge in [-0.3, -0.25) is 24.0 Å². The molecule has 1 aliphatic heterocycles. The molecule has 3 N–H and O–H groups in total. The van der Waals surface area contributed by atoms with Crippen LogP contribution >= 0.6 is 11.8 Å². The molecule has 0 fully saturated rings. The third-order valence-corrected chi connectivity index (χ3v) is 11.6. The largest absolute Gasteiger partial charge is 0.456 e. The van der Waals surface area contributed by atoms with Crippen LogP contribution in [0.25, 0.3) is 0 Å². The number of carbonyl (C=O) groups is 7. The first-order valence-corrected chi connectivity index (χ1v) is 22.8. The molecule has 0 saturated heterocycles. The van der Waals surface area contributed by atoms with Gasteiger partial charge in [-0.2, -0.15) is 0 Å². The minimum atomic E-state index is -1.23. The average Bonchev–Trinajstić information content (AvgIpc) is 3.24. The van der Waals surface area contributed by atoms with Gasteiger partial charge in [-0.15, -0.1) is 11.8 Å². The van der Waals surface area contributed by atoms with Crippen LogP contribution in [-0.2, 0) is 54.2 Å². The minimum absolute atomic E-state index is 0.0614. The standard InChI is InChI=1S/C46H71N5O10S/c1-14-28(5)39-42(54)48-33(10)46(58)61-40(29(6)15-2)31(8)36(59-26-62-13)22-21-30(7)45(57)60-37(23-27(3)4)41(53)47-32(9)43(55)51(12)35(24-34-19-17-16-18-20-34)44(56)50(11)25-38(52)49-39/h15-21,27-28,31-33,35-37,39-40H,14,22-26H2,1-13H3,(H,47,53)(H,48,54)(H,49,52)/b29-15+,30-21+/t28?,31-,32+,33+,35-,36+,37-,39+,40-/m1/s1. The molecule has 1 aromatic rings. The molecular formula is C46H71N5O10S. The van der Waals surface area contributed by atoms with Gasteiger partial charge in [0.05, 0.1) is 18.6 Å². The molecule has 9 atom stereocenters. The van der Waals surface area contributed by atoms with Crippen LogP contribution < -0.4 is 16.0 Å². The zero-order valence-electron chi connectivity index (χ0n) is 38.9. The van der Waals surface area contributed by atoms with Gasteiger partial charge >= 0.3 is 11.9 Å². The molecule has 5 amide bonds. The summed E-state index contributed by atoms with van der Waals surface area (Å²) in [6.45, 7) is 17.1. The number of hydrogen-bond acceptors (Lipinski definition) is 11. The van der Waals surface area contributed by atoms with E-state index in [2.05, 4.69) is 16.0 Å². The number of esters is 2. The molecule has 15 nitrogen and oxygen atoms in total. The molecule has 2 rings (SSSR count). The number of likely N-dealkylation sites (N-methyl/N-ethyl adjacent to an activating group) is 2. The van der Waals surface area contributed by atoms with Crippen molar-refractivity contribution in [2.75, 3.05) is 32.8 Å². The Labute approximate surface area is 372 Å². The Kier molecular flexibility index (Phi) is 22.5. The van der Waals surface area contributed by atoms with Crippen LogP contribution in [0.4, 0.5) is 0 Å². The SMILES string of the molecule is C/C=C(\C)[C@H]1OC(=O)[C@H](C)NC(=O)[C@H](C(C)CC)NC(=O)CN(C)C(=O)[C@@H](Cc2ccccc2)N(C)C(=O)[C@H](C)NC(=O)[C@@H](CC(C)C)OC(=O)/C(C)=C/C[C@H](OCSC)[C@H]1C. The number of benzene rings is 1. The lowest BCUT2D eigenvalue weighted by atomic mass is 9.90. The van der Waals surface area contributed by atoms with Gasteiger partial charge in [0.2, 0.25) is 23.6 Å². The first kappa shape index (κ1) is 53.4. The number of carbonyl (C=O) groups excluding carboxylic acids is 7. The number of amides is 5. The van der Waals surface area contributed by atoms with Crippen LogP contribution in [0.15, 0.2) is 53.6 Å². The molecule has 1 unspecified atom stereocenters. The zero-order chi connectivity index (χ0) is 46.8. The number of hydrogen-bond donors (Lipinski definition) is 3. The number of ether oxygens (including phenoxy) is 3. The maximum Gasteiger partial charge on any atom is 0.334 e. The molecule has 1 aliphatic rings. The van der Waals surface area contributed by atoms with Gasteiger partial charge in [-0.25, -0.2) is 9.59 Å². The number of nitrogens with one attached hydrogen (secondary N) is 3. The van der Waals surface area contributed by atoms with Crippen LogP contribution in [0.2, 0.25) is 0 Å².